The molecule has 0 aliphatic heterocycles. The topological polar surface area (TPSA) is 9.23 Å². The molecule has 0 aromatic heterocycles. The molecule has 1 nitrogen and oxygen atoms in total. The van der Waals surface area contributed by atoms with E-state index < -0.39 is 15.0 Å². The van der Waals surface area contributed by atoms with E-state index in [1.807, 2.05) is 6.07 Å². The molecule has 0 fully saturated rings. The van der Waals surface area contributed by atoms with Gasteiger partial charge in [-0.1, -0.05) is 0 Å². The first kappa shape index (κ1) is 14.1. The normalized spacial score (nSPS) is 10.7. The first-order valence-electron chi connectivity index (χ1n) is 7.00. The fraction of sp³-hybridized carbons (Fsp3) is 0.0526. The van der Waals surface area contributed by atoms with Crippen LogP contribution in [0.3, 0.4) is 0 Å². The fourth-order valence-corrected chi connectivity index (χ4v) is 5.83. The van der Waals surface area contributed by atoms with Gasteiger partial charge in [-0.15, -0.1) is 0 Å². The second-order valence-corrected chi connectivity index (χ2v) is 8.67. The summed E-state index contributed by atoms with van der Waals surface area (Å²) in [7, 11) is 0. The van der Waals surface area contributed by atoms with Crippen molar-refractivity contribution in [1.82, 2.24) is 0 Å². The predicted octanol–water partition coefficient (Wildman–Crippen LogP) is 3.01. The van der Waals surface area contributed by atoms with Gasteiger partial charge >= 0.3 is 131 Å². The predicted molar refractivity (Wildman–Crippen MR) is 89.1 cm³/mol. The van der Waals surface area contributed by atoms with Crippen molar-refractivity contribution in [3.05, 3.63) is 96.6 Å². The van der Waals surface area contributed by atoms with Crippen molar-refractivity contribution in [3.8, 4) is 0 Å². The third-order valence-corrected chi connectivity index (χ3v) is 7.22. The van der Waals surface area contributed by atoms with Crippen molar-refractivity contribution in [2.45, 2.75) is 6.61 Å². The van der Waals surface area contributed by atoms with E-state index in [9.17, 15) is 0 Å². The summed E-state index contributed by atoms with van der Waals surface area (Å²) in [5.41, 5.74) is 1.23. The number of hydrogen-bond acceptors (Lipinski definition) is 1. The van der Waals surface area contributed by atoms with E-state index in [1.165, 1.54) is 14.3 Å². The molecule has 0 aliphatic rings. The average Bonchev–Trinajstić information content (AvgIpc) is 2.58. The zero-order valence-electron chi connectivity index (χ0n) is 11.7. The van der Waals surface area contributed by atoms with Gasteiger partial charge in [-0.2, -0.15) is 0 Å². The molecular weight excluding hydrogens is 319 g/mol. The van der Waals surface area contributed by atoms with E-state index in [0.29, 0.717) is 6.61 Å². The van der Waals surface area contributed by atoms with Gasteiger partial charge in [-0.05, 0) is 0 Å². The van der Waals surface area contributed by atoms with Crippen molar-refractivity contribution in [2.75, 3.05) is 0 Å². The molecule has 3 aromatic carbocycles. The van der Waals surface area contributed by atoms with Crippen LogP contribution in [0.5, 0.6) is 0 Å². The molecule has 21 heavy (non-hydrogen) atoms. The van der Waals surface area contributed by atoms with Crippen molar-refractivity contribution >= 4 is 23.7 Å². The Hall–Kier alpha value is -1.82. The van der Waals surface area contributed by atoms with Gasteiger partial charge in [-0.3, -0.25) is 0 Å². The molecule has 0 bridgehead atoms. The second kappa shape index (κ2) is 7.26. The second-order valence-electron chi connectivity index (χ2n) is 4.72. The van der Waals surface area contributed by atoms with Crippen LogP contribution in [-0.2, 0) is 10.3 Å². The Morgan fingerprint density at radius 1 is 0.571 bits per heavy atom. The van der Waals surface area contributed by atoms with E-state index in [-0.39, 0.29) is 0 Å². The molecule has 104 valence electrons. The first-order chi connectivity index (χ1) is 10.4. The monoisotopic (exact) mass is 336 g/mol. The van der Waals surface area contributed by atoms with E-state index in [1.54, 1.807) is 0 Å². The fourth-order valence-electron chi connectivity index (χ4n) is 2.14. The average molecular weight is 336 g/mol. The Kier molecular flexibility index (Phi) is 4.89. The molecular formula is C19H17AsO. The maximum absolute atomic E-state index is 6.35. The summed E-state index contributed by atoms with van der Waals surface area (Å²) in [4.78, 5) is 0. The number of rotatable bonds is 5. The Morgan fingerprint density at radius 2 is 1.00 bits per heavy atom. The molecule has 0 amide bonds. The Balaban J connectivity index is 1.83. The van der Waals surface area contributed by atoms with Gasteiger partial charge in [0.25, 0.3) is 0 Å². The zero-order chi connectivity index (χ0) is 14.3. The molecule has 0 atom stereocenters. The summed E-state index contributed by atoms with van der Waals surface area (Å²) in [5, 5.41) is 0. The standard InChI is InChI=1S/C19H17AsO/c1-4-10-17(11-5-1)16-21-20(18-12-6-2-7-13-18)19-14-8-3-9-15-19/h1-15H,16H2. The molecule has 3 aromatic rings. The molecule has 0 unspecified atom stereocenters. The molecule has 0 saturated carbocycles. The minimum absolute atomic E-state index is 0.671. The van der Waals surface area contributed by atoms with Gasteiger partial charge in [0.2, 0.25) is 0 Å². The van der Waals surface area contributed by atoms with Crippen molar-refractivity contribution in [2.24, 2.45) is 0 Å². The van der Waals surface area contributed by atoms with Crippen molar-refractivity contribution in [1.29, 1.82) is 0 Å². The van der Waals surface area contributed by atoms with Gasteiger partial charge in [0.15, 0.2) is 0 Å². The van der Waals surface area contributed by atoms with E-state index in [4.69, 9.17) is 3.73 Å². The number of benzene rings is 3. The first-order valence-corrected chi connectivity index (χ1v) is 9.65. The summed E-state index contributed by atoms with van der Waals surface area (Å²) >= 11 is -1.70. The third-order valence-electron chi connectivity index (χ3n) is 3.18. The molecule has 0 saturated heterocycles. The molecule has 0 N–H and O–H groups in total. The number of hydrogen-bond donors (Lipinski definition) is 0. The van der Waals surface area contributed by atoms with Crippen LogP contribution in [0.15, 0.2) is 91.0 Å². The van der Waals surface area contributed by atoms with Gasteiger partial charge in [-0.25, -0.2) is 0 Å². The van der Waals surface area contributed by atoms with E-state index >= 15 is 0 Å². The Bertz CT molecular complexity index is 613. The Labute approximate surface area is 130 Å². The summed E-state index contributed by atoms with van der Waals surface area (Å²) in [6.45, 7) is 0.671. The molecule has 0 aliphatic carbocycles. The minimum atomic E-state index is -1.70. The maximum atomic E-state index is 6.35. The summed E-state index contributed by atoms with van der Waals surface area (Å²) < 4.78 is 9.00. The van der Waals surface area contributed by atoms with Crippen LogP contribution in [0.2, 0.25) is 0 Å². The summed E-state index contributed by atoms with van der Waals surface area (Å²) in [5.74, 6) is 0. The summed E-state index contributed by atoms with van der Waals surface area (Å²) in [6.07, 6.45) is 0. The van der Waals surface area contributed by atoms with Crippen molar-refractivity contribution in [3.63, 3.8) is 0 Å². The van der Waals surface area contributed by atoms with E-state index in [2.05, 4.69) is 84.9 Å². The molecule has 2 heteroatoms. The van der Waals surface area contributed by atoms with Gasteiger partial charge < -0.3 is 0 Å². The summed E-state index contributed by atoms with van der Waals surface area (Å²) in [6, 6.07) is 31.6. The van der Waals surface area contributed by atoms with Crippen LogP contribution in [0.1, 0.15) is 5.56 Å². The molecule has 0 heterocycles. The van der Waals surface area contributed by atoms with Gasteiger partial charge in [0.1, 0.15) is 0 Å². The van der Waals surface area contributed by atoms with Crippen molar-refractivity contribution < 1.29 is 3.73 Å². The van der Waals surface area contributed by atoms with Gasteiger partial charge in [0.05, 0.1) is 0 Å². The van der Waals surface area contributed by atoms with E-state index in [0.717, 1.165) is 0 Å². The Morgan fingerprint density at radius 3 is 1.48 bits per heavy atom. The van der Waals surface area contributed by atoms with Crippen LogP contribution < -0.4 is 8.70 Å². The van der Waals surface area contributed by atoms with Crippen LogP contribution in [0.4, 0.5) is 0 Å². The van der Waals surface area contributed by atoms with Crippen LogP contribution in [0.25, 0.3) is 0 Å². The zero-order valence-corrected chi connectivity index (χ0v) is 13.6. The van der Waals surface area contributed by atoms with Crippen LogP contribution in [-0.4, -0.2) is 15.0 Å². The quantitative estimate of drug-likeness (QED) is 0.651. The van der Waals surface area contributed by atoms with Gasteiger partial charge in [0, 0.05) is 0 Å². The van der Waals surface area contributed by atoms with Crippen LogP contribution in [0, 0.1) is 0 Å². The SMILES string of the molecule is c1ccc(CO[As](c2ccccc2)c2ccccc2)cc1. The molecule has 0 radical (unpaired) electrons. The third kappa shape index (κ3) is 3.84. The van der Waals surface area contributed by atoms with Crippen LogP contribution >= 0.6 is 0 Å². The molecule has 0 spiro atoms. The molecule has 3 rings (SSSR count).